The number of hydrogen-bond donors (Lipinski definition) is 2. The molecule has 1 aromatic carbocycles. The lowest BCUT2D eigenvalue weighted by Gasteiger charge is -2.08. The molecule has 0 saturated carbocycles. The van der Waals surface area contributed by atoms with Crippen molar-refractivity contribution in [3.05, 3.63) is 29.6 Å². The molecule has 2 aromatic rings. The maximum absolute atomic E-state index is 11.6. The van der Waals surface area contributed by atoms with Crippen LogP contribution in [0.3, 0.4) is 0 Å². The number of carbonyl (C=O) groups is 1. The topological polar surface area (TPSA) is 137 Å². The third-order valence-corrected chi connectivity index (χ3v) is 4.22. The smallest absolute Gasteiger partial charge is 0.325 e. The number of carboxylic acids is 1. The van der Waals surface area contributed by atoms with Gasteiger partial charge in [-0.2, -0.15) is 5.10 Å². The molecule has 0 spiro atoms. The van der Waals surface area contributed by atoms with Gasteiger partial charge in [-0.05, 0) is 24.6 Å². The van der Waals surface area contributed by atoms with Crippen molar-refractivity contribution in [2.75, 3.05) is 13.7 Å². The molecular weight excluding hydrogens is 336 g/mol. The minimum absolute atomic E-state index is 0.0774. The van der Waals surface area contributed by atoms with E-state index in [0.717, 1.165) is 5.56 Å². The first-order valence-electron chi connectivity index (χ1n) is 7.00. The molecule has 10 heteroatoms. The first-order valence-corrected chi connectivity index (χ1v) is 8.55. The largest absolute Gasteiger partial charge is 0.480 e. The van der Waals surface area contributed by atoms with Crippen LogP contribution in [0.4, 0.5) is 0 Å². The molecule has 0 aliphatic rings. The van der Waals surface area contributed by atoms with Gasteiger partial charge in [-0.25, -0.2) is 23.2 Å². The van der Waals surface area contributed by atoms with E-state index < -0.39 is 22.5 Å². The monoisotopic (exact) mass is 354 g/mol. The number of primary sulfonamides is 1. The maximum Gasteiger partial charge on any atom is 0.325 e. The Morgan fingerprint density at radius 3 is 2.71 bits per heavy atom. The Labute approximate surface area is 139 Å². The van der Waals surface area contributed by atoms with E-state index in [-0.39, 0.29) is 10.7 Å². The molecule has 130 valence electrons. The Bertz CT molecular complexity index is 860. The van der Waals surface area contributed by atoms with E-state index in [1.54, 1.807) is 13.0 Å². The predicted molar refractivity (Wildman–Crippen MR) is 84.8 cm³/mol. The van der Waals surface area contributed by atoms with Crippen LogP contribution >= 0.6 is 0 Å². The van der Waals surface area contributed by atoms with Crippen molar-refractivity contribution >= 4 is 16.0 Å². The molecule has 24 heavy (non-hydrogen) atoms. The number of methoxy groups -OCH3 is 1. The second kappa shape index (κ2) is 7.07. The molecule has 1 heterocycles. The second-order valence-electron chi connectivity index (χ2n) is 5.17. The average Bonchev–Trinajstić information content (AvgIpc) is 2.86. The number of aryl methyl sites for hydroxylation is 1. The number of hydrogen-bond acceptors (Lipinski definition) is 6. The number of aliphatic carboxylic acids is 1. The minimum Gasteiger partial charge on any atom is -0.480 e. The highest BCUT2D eigenvalue weighted by Gasteiger charge is 2.18. The van der Waals surface area contributed by atoms with Crippen LogP contribution in [-0.2, 0) is 32.5 Å². The van der Waals surface area contributed by atoms with Crippen molar-refractivity contribution < 1.29 is 23.1 Å². The number of benzene rings is 1. The zero-order chi connectivity index (χ0) is 17.9. The molecular formula is C14H18N4O5S. The van der Waals surface area contributed by atoms with Crippen molar-refractivity contribution in [1.82, 2.24) is 14.8 Å². The summed E-state index contributed by atoms with van der Waals surface area (Å²) >= 11 is 0. The summed E-state index contributed by atoms with van der Waals surface area (Å²) < 4.78 is 29.3. The lowest BCUT2D eigenvalue weighted by atomic mass is 10.1. The van der Waals surface area contributed by atoms with E-state index in [0.29, 0.717) is 24.4 Å². The van der Waals surface area contributed by atoms with Crippen LogP contribution in [0.2, 0.25) is 0 Å². The summed E-state index contributed by atoms with van der Waals surface area (Å²) in [6.07, 6.45) is 0.407. The molecule has 9 nitrogen and oxygen atoms in total. The third-order valence-electron chi connectivity index (χ3n) is 3.31. The lowest BCUT2D eigenvalue weighted by Crippen LogP contribution is -2.14. The normalized spacial score (nSPS) is 11.6. The summed E-state index contributed by atoms with van der Waals surface area (Å²) in [5.74, 6) is -0.403. The highest BCUT2D eigenvalue weighted by Crippen LogP contribution is 2.25. The molecule has 0 amide bonds. The van der Waals surface area contributed by atoms with Gasteiger partial charge in [-0.1, -0.05) is 6.07 Å². The quantitative estimate of drug-likeness (QED) is 0.723. The van der Waals surface area contributed by atoms with Crippen molar-refractivity contribution in [3.8, 4) is 11.4 Å². The first-order chi connectivity index (χ1) is 11.2. The van der Waals surface area contributed by atoms with E-state index in [1.165, 1.54) is 23.9 Å². The molecule has 0 bridgehead atoms. The van der Waals surface area contributed by atoms with Gasteiger partial charge in [0, 0.05) is 19.1 Å². The molecule has 0 aliphatic heterocycles. The van der Waals surface area contributed by atoms with Gasteiger partial charge in [0.2, 0.25) is 10.0 Å². The maximum atomic E-state index is 11.6. The molecule has 0 fully saturated rings. The van der Waals surface area contributed by atoms with E-state index in [9.17, 15) is 13.2 Å². The molecule has 0 radical (unpaired) electrons. The van der Waals surface area contributed by atoms with Gasteiger partial charge >= 0.3 is 5.97 Å². The number of rotatable bonds is 7. The number of aromatic nitrogens is 3. The summed E-state index contributed by atoms with van der Waals surface area (Å²) in [4.78, 5) is 15.3. The Morgan fingerprint density at radius 1 is 1.42 bits per heavy atom. The van der Waals surface area contributed by atoms with Crippen LogP contribution in [0.5, 0.6) is 0 Å². The average molecular weight is 354 g/mol. The minimum atomic E-state index is -3.89. The Kier molecular flexibility index (Phi) is 5.32. The molecule has 0 unspecified atom stereocenters. The van der Waals surface area contributed by atoms with Crippen molar-refractivity contribution in [3.63, 3.8) is 0 Å². The van der Waals surface area contributed by atoms with E-state index in [2.05, 4.69) is 10.1 Å². The zero-order valence-electron chi connectivity index (χ0n) is 13.3. The Balaban J connectivity index is 2.57. The molecule has 2 rings (SSSR count). The van der Waals surface area contributed by atoms with Crippen molar-refractivity contribution in [2.45, 2.75) is 24.8 Å². The molecule has 0 aliphatic carbocycles. The van der Waals surface area contributed by atoms with Crippen molar-refractivity contribution in [2.24, 2.45) is 5.14 Å². The second-order valence-corrected chi connectivity index (χ2v) is 6.73. The molecule has 0 atom stereocenters. The van der Waals surface area contributed by atoms with Crippen LogP contribution in [0, 0.1) is 6.92 Å². The highest BCUT2D eigenvalue weighted by atomic mass is 32.2. The van der Waals surface area contributed by atoms with Gasteiger partial charge in [-0.3, -0.25) is 4.79 Å². The predicted octanol–water partition coefficient (Wildman–Crippen LogP) is 0.174. The summed E-state index contributed by atoms with van der Waals surface area (Å²) in [6, 6.07) is 4.34. The number of sulfonamides is 1. The lowest BCUT2D eigenvalue weighted by molar-refractivity contribution is -0.137. The summed E-state index contributed by atoms with van der Waals surface area (Å²) in [6.45, 7) is 1.75. The third kappa shape index (κ3) is 4.16. The van der Waals surface area contributed by atoms with Crippen molar-refractivity contribution in [1.29, 1.82) is 0 Å². The van der Waals surface area contributed by atoms with Gasteiger partial charge in [0.25, 0.3) is 0 Å². The van der Waals surface area contributed by atoms with E-state index in [1.807, 2.05) is 0 Å². The summed E-state index contributed by atoms with van der Waals surface area (Å²) in [5.41, 5.74) is 1.18. The first kappa shape index (κ1) is 18.0. The van der Waals surface area contributed by atoms with Crippen LogP contribution in [-0.4, -0.2) is 48.0 Å². The summed E-state index contributed by atoms with van der Waals surface area (Å²) in [5, 5.41) is 18.4. The Hall–Kier alpha value is -2.30. The molecule has 1 aromatic heterocycles. The number of nitrogens with two attached hydrogens (primary N) is 1. The van der Waals surface area contributed by atoms with Crippen LogP contribution in [0.15, 0.2) is 23.1 Å². The molecule has 3 N–H and O–H groups in total. The fourth-order valence-electron chi connectivity index (χ4n) is 2.14. The fraction of sp³-hybridized carbons (Fsp3) is 0.357. The zero-order valence-corrected chi connectivity index (χ0v) is 14.1. The van der Waals surface area contributed by atoms with Gasteiger partial charge in [0.05, 0.1) is 11.5 Å². The van der Waals surface area contributed by atoms with Crippen LogP contribution in [0.1, 0.15) is 11.4 Å². The van der Waals surface area contributed by atoms with E-state index >= 15 is 0 Å². The SMILES string of the molecule is COCCc1nc(-c2cc(S(N)(=O)=O)ccc2C)n(CC(=O)O)n1. The number of nitrogens with zero attached hydrogens (tertiary/aromatic N) is 3. The van der Waals surface area contributed by atoms with Gasteiger partial charge in [0.15, 0.2) is 11.6 Å². The standard InChI is InChI=1S/C14H18N4O5S/c1-9-3-4-10(24(15,21)22)7-11(9)14-16-12(5-6-23-2)17-18(14)8-13(19)20/h3-4,7H,5-6,8H2,1-2H3,(H,19,20)(H2,15,21,22). The highest BCUT2D eigenvalue weighted by molar-refractivity contribution is 7.89. The fourth-order valence-corrected chi connectivity index (χ4v) is 2.68. The van der Waals surface area contributed by atoms with Gasteiger partial charge in [-0.15, -0.1) is 0 Å². The van der Waals surface area contributed by atoms with Crippen LogP contribution in [0.25, 0.3) is 11.4 Å². The number of ether oxygens (including phenoxy) is 1. The molecule has 0 saturated heterocycles. The van der Waals surface area contributed by atoms with E-state index in [4.69, 9.17) is 15.0 Å². The van der Waals surface area contributed by atoms with Gasteiger partial charge < -0.3 is 9.84 Å². The van der Waals surface area contributed by atoms with Crippen LogP contribution < -0.4 is 5.14 Å². The van der Waals surface area contributed by atoms with Gasteiger partial charge in [0.1, 0.15) is 6.54 Å². The summed E-state index contributed by atoms with van der Waals surface area (Å²) in [7, 11) is -2.35. The number of carboxylic acid groups (broad SMARTS) is 1. The Morgan fingerprint density at radius 2 is 2.12 bits per heavy atom.